The smallest absolute Gasteiger partial charge is 0.225 e. The van der Waals surface area contributed by atoms with Crippen LogP contribution in [0, 0.1) is 5.82 Å². The molecule has 3 rings (SSSR count). The van der Waals surface area contributed by atoms with Crippen molar-refractivity contribution in [3.05, 3.63) is 40.7 Å². The largest absolute Gasteiger partial charge is 0.304 e. The third-order valence-electron chi connectivity index (χ3n) is 4.01. The van der Waals surface area contributed by atoms with Crippen LogP contribution >= 0.6 is 23.1 Å². The van der Waals surface area contributed by atoms with E-state index < -0.39 is 0 Å². The number of thiazole rings is 1. The molecule has 1 aromatic carbocycles. The van der Waals surface area contributed by atoms with Crippen molar-refractivity contribution in [1.29, 1.82) is 0 Å². The van der Waals surface area contributed by atoms with Gasteiger partial charge in [0.05, 0.1) is 5.69 Å². The third kappa shape index (κ3) is 3.79. The second-order valence-corrected chi connectivity index (χ2v) is 7.61. The molecule has 0 aliphatic carbocycles. The summed E-state index contributed by atoms with van der Waals surface area (Å²) < 4.78 is 13.6. The van der Waals surface area contributed by atoms with E-state index in [1.54, 1.807) is 29.7 Å². The van der Waals surface area contributed by atoms with E-state index in [4.69, 9.17) is 0 Å². The van der Waals surface area contributed by atoms with E-state index in [-0.39, 0.29) is 17.8 Å². The van der Waals surface area contributed by atoms with Crippen LogP contribution in [0.25, 0.3) is 0 Å². The van der Waals surface area contributed by atoms with E-state index in [9.17, 15) is 9.18 Å². The van der Waals surface area contributed by atoms with Crippen LogP contribution in [-0.4, -0.2) is 23.2 Å². The molecule has 1 aliphatic heterocycles. The average molecular weight is 365 g/mol. The van der Waals surface area contributed by atoms with E-state index in [0.717, 1.165) is 33.5 Å². The van der Waals surface area contributed by atoms with Crippen LogP contribution in [0.5, 0.6) is 0 Å². The molecule has 1 amide bonds. The minimum Gasteiger partial charge on any atom is -0.304 e. The third-order valence-corrected chi connectivity index (χ3v) is 6.04. The number of hydrogen-bond acceptors (Lipinski definition) is 5. The van der Waals surface area contributed by atoms with Crippen LogP contribution < -0.4 is 10.2 Å². The van der Waals surface area contributed by atoms with Crippen molar-refractivity contribution in [3.8, 4) is 0 Å². The number of benzene rings is 1. The average Bonchev–Trinajstić information content (AvgIpc) is 3.01. The van der Waals surface area contributed by atoms with Crippen LogP contribution in [-0.2, 0) is 11.3 Å². The summed E-state index contributed by atoms with van der Waals surface area (Å²) in [6, 6.07) is 5.13. The Morgan fingerprint density at radius 1 is 1.50 bits per heavy atom. The van der Waals surface area contributed by atoms with E-state index in [1.165, 1.54) is 17.4 Å². The van der Waals surface area contributed by atoms with Crippen LogP contribution in [0.15, 0.2) is 28.5 Å². The number of nitrogens with zero attached hydrogens (tertiary/aromatic N) is 2. The first kappa shape index (κ1) is 17.4. The van der Waals surface area contributed by atoms with Crippen molar-refractivity contribution in [1.82, 2.24) is 10.3 Å². The first-order valence-electron chi connectivity index (χ1n) is 7.96. The van der Waals surface area contributed by atoms with Gasteiger partial charge >= 0.3 is 0 Å². The van der Waals surface area contributed by atoms with Gasteiger partial charge in [-0.2, -0.15) is 0 Å². The lowest BCUT2D eigenvalue weighted by Gasteiger charge is -2.25. The van der Waals surface area contributed by atoms with E-state index in [2.05, 4.69) is 10.3 Å². The van der Waals surface area contributed by atoms with Crippen LogP contribution in [0.3, 0.4) is 0 Å². The monoisotopic (exact) mass is 365 g/mol. The van der Waals surface area contributed by atoms with Crippen LogP contribution in [0.4, 0.5) is 9.52 Å². The van der Waals surface area contributed by atoms with Gasteiger partial charge in [0.15, 0.2) is 5.13 Å². The van der Waals surface area contributed by atoms with Gasteiger partial charge in [0.25, 0.3) is 0 Å². The number of amides is 1. The highest BCUT2D eigenvalue weighted by molar-refractivity contribution is 7.99. The minimum atomic E-state index is -0.195. The molecule has 128 valence electrons. The summed E-state index contributed by atoms with van der Waals surface area (Å²) in [6.07, 6.45) is 0.965. The predicted molar refractivity (Wildman–Crippen MR) is 97.1 cm³/mol. The fraction of sp³-hybridized carbons (Fsp3) is 0.412. The number of hydrogen-bond donors (Lipinski definition) is 1. The summed E-state index contributed by atoms with van der Waals surface area (Å²) in [5.41, 5.74) is 1.94. The molecule has 24 heavy (non-hydrogen) atoms. The van der Waals surface area contributed by atoms with Gasteiger partial charge < -0.3 is 5.32 Å². The van der Waals surface area contributed by atoms with Gasteiger partial charge in [0.1, 0.15) is 5.82 Å². The normalized spacial score (nSPS) is 16.7. The summed E-state index contributed by atoms with van der Waals surface area (Å²) in [5.74, 6) is 0.825. The molecule has 0 bridgehead atoms. The molecule has 4 nitrogen and oxygen atoms in total. The van der Waals surface area contributed by atoms with Gasteiger partial charge in [-0.25, -0.2) is 9.37 Å². The van der Waals surface area contributed by atoms with Gasteiger partial charge in [0, 0.05) is 36.3 Å². The predicted octanol–water partition coefficient (Wildman–Crippen LogP) is 3.98. The van der Waals surface area contributed by atoms with Crippen molar-refractivity contribution < 1.29 is 9.18 Å². The van der Waals surface area contributed by atoms with Crippen molar-refractivity contribution in [2.24, 2.45) is 0 Å². The first-order valence-corrected chi connectivity index (χ1v) is 9.83. The molecule has 1 aromatic heterocycles. The molecule has 2 heterocycles. The topological polar surface area (TPSA) is 45.2 Å². The van der Waals surface area contributed by atoms with Crippen LogP contribution in [0.1, 0.15) is 37.6 Å². The fourth-order valence-electron chi connectivity index (χ4n) is 2.80. The Hall–Kier alpha value is -1.44. The van der Waals surface area contributed by atoms with Crippen molar-refractivity contribution in [2.45, 2.75) is 37.8 Å². The Morgan fingerprint density at radius 3 is 3.08 bits per heavy atom. The van der Waals surface area contributed by atoms with E-state index in [0.29, 0.717) is 13.1 Å². The summed E-state index contributed by atoms with van der Waals surface area (Å²) >= 11 is 3.25. The lowest BCUT2D eigenvalue weighted by Crippen LogP contribution is -2.28. The zero-order valence-corrected chi connectivity index (χ0v) is 15.3. The summed E-state index contributed by atoms with van der Waals surface area (Å²) in [5, 5.41) is 6.18. The number of aromatic nitrogens is 1. The van der Waals surface area contributed by atoms with Crippen molar-refractivity contribution in [2.75, 3.05) is 17.2 Å². The second kappa shape index (κ2) is 7.63. The highest BCUT2D eigenvalue weighted by Gasteiger charge is 2.21. The molecule has 0 spiro atoms. The summed E-state index contributed by atoms with van der Waals surface area (Å²) in [6.45, 7) is 4.71. The van der Waals surface area contributed by atoms with Gasteiger partial charge in [0.2, 0.25) is 5.91 Å². The maximum Gasteiger partial charge on any atom is 0.225 e. The highest BCUT2D eigenvalue weighted by Crippen LogP contribution is 2.36. The van der Waals surface area contributed by atoms with E-state index in [1.807, 2.05) is 18.4 Å². The number of fused-ring (bicyclic) bond motifs is 1. The Kier molecular flexibility index (Phi) is 5.53. The molecular weight excluding hydrogens is 345 g/mol. The second-order valence-electron chi connectivity index (χ2n) is 5.64. The maximum atomic E-state index is 13.6. The molecule has 0 fully saturated rings. The Bertz CT molecular complexity index is 734. The molecular formula is C17H20FN3OS2. The number of rotatable bonds is 5. The molecule has 1 aliphatic rings. The molecule has 0 radical (unpaired) electrons. The molecule has 2 aromatic rings. The fourth-order valence-corrected chi connectivity index (χ4v) is 4.84. The molecule has 0 saturated carbocycles. The molecule has 0 saturated heterocycles. The Morgan fingerprint density at radius 2 is 2.33 bits per heavy atom. The number of halogens is 1. The van der Waals surface area contributed by atoms with Gasteiger partial charge in [-0.1, -0.05) is 0 Å². The van der Waals surface area contributed by atoms with Crippen LogP contribution in [0.2, 0.25) is 0 Å². The van der Waals surface area contributed by atoms with E-state index >= 15 is 0 Å². The SMILES string of the molecule is CCN(C(C)=O)c1nc(CNC2CCSc3ccc(F)cc32)cs1. The molecule has 1 N–H and O–H groups in total. The number of anilines is 1. The lowest BCUT2D eigenvalue weighted by atomic mass is 10.0. The number of thioether (sulfide) groups is 1. The van der Waals surface area contributed by atoms with Gasteiger partial charge in [-0.3, -0.25) is 9.69 Å². The number of carbonyl (C=O) groups excluding carboxylic acids is 1. The lowest BCUT2D eigenvalue weighted by molar-refractivity contribution is -0.116. The number of carbonyl (C=O) groups is 1. The standard InChI is InChI=1S/C17H20FN3OS2/c1-3-21(11(2)22)17-20-13(10-24-17)9-19-15-6-7-23-16-5-4-12(18)8-14(15)16/h4-5,8,10,15,19H,3,6-7,9H2,1-2H3. The highest BCUT2D eigenvalue weighted by atomic mass is 32.2. The quantitative estimate of drug-likeness (QED) is 0.870. The molecule has 1 unspecified atom stereocenters. The molecule has 7 heteroatoms. The zero-order chi connectivity index (χ0) is 17.1. The van der Waals surface area contributed by atoms with Crippen molar-refractivity contribution in [3.63, 3.8) is 0 Å². The minimum absolute atomic E-state index is 0.0000621. The zero-order valence-electron chi connectivity index (χ0n) is 13.7. The molecule has 1 atom stereocenters. The van der Waals surface area contributed by atoms with Crippen molar-refractivity contribution >= 4 is 34.1 Å². The summed E-state index contributed by atoms with van der Waals surface area (Å²) in [4.78, 5) is 18.9. The Labute approximate surface area is 149 Å². The Balaban J connectivity index is 1.68. The maximum absolute atomic E-state index is 13.6. The van der Waals surface area contributed by atoms with Gasteiger partial charge in [-0.15, -0.1) is 23.1 Å². The summed E-state index contributed by atoms with van der Waals surface area (Å²) in [7, 11) is 0. The van der Waals surface area contributed by atoms with Gasteiger partial charge in [-0.05, 0) is 42.9 Å². The first-order chi connectivity index (χ1) is 11.6. The number of nitrogens with one attached hydrogen (secondary N) is 1.